The molecule has 0 bridgehead atoms. The summed E-state index contributed by atoms with van der Waals surface area (Å²) in [6.45, 7) is 3.65. The number of benzene rings is 2. The van der Waals surface area contributed by atoms with Crippen molar-refractivity contribution < 1.29 is 22.7 Å². The fourth-order valence-corrected chi connectivity index (χ4v) is 3.67. The molecular formula is C19H22ClNO5S. The molecule has 146 valence electrons. The standard InChI is InChI=1S/C19H22ClNO5S/c1-14(2)18(21-27(23,24)17-10-8-15(20)9-11-17)19(22)26-13-12-25-16-6-4-3-5-7-16/h3-11,14,18,21H,12-13H2,1-2H3/t18-/m0/s1. The van der Waals surface area contributed by atoms with Gasteiger partial charge in [0.2, 0.25) is 10.0 Å². The topological polar surface area (TPSA) is 81.7 Å². The summed E-state index contributed by atoms with van der Waals surface area (Å²) in [5, 5.41) is 0.423. The molecule has 0 radical (unpaired) electrons. The number of hydrogen-bond donors (Lipinski definition) is 1. The highest BCUT2D eigenvalue weighted by Crippen LogP contribution is 2.16. The lowest BCUT2D eigenvalue weighted by atomic mass is 10.1. The first-order valence-corrected chi connectivity index (χ1v) is 10.3. The van der Waals surface area contributed by atoms with Crippen LogP contribution < -0.4 is 9.46 Å². The quantitative estimate of drug-likeness (QED) is 0.506. The van der Waals surface area contributed by atoms with E-state index in [2.05, 4.69) is 4.72 Å². The molecule has 0 aliphatic heterocycles. The number of esters is 1. The van der Waals surface area contributed by atoms with Gasteiger partial charge in [-0.2, -0.15) is 4.72 Å². The lowest BCUT2D eigenvalue weighted by molar-refractivity contribution is -0.147. The minimum Gasteiger partial charge on any atom is -0.490 e. The van der Waals surface area contributed by atoms with Gasteiger partial charge in [-0.3, -0.25) is 4.79 Å². The van der Waals surface area contributed by atoms with Crippen LogP contribution in [0.2, 0.25) is 5.02 Å². The van der Waals surface area contributed by atoms with Gasteiger partial charge in [0.05, 0.1) is 4.90 Å². The number of para-hydroxylation sites is 1. The number of hydrogen-bond acceptors (Lipinski definition) is 5. The zero-order valence-electron chi connectivity index (χ0n) is 15.1. The van der Waals surface area contributed by atoms with Crippen LogP contribution in [-0.2, 0) is 19.6 Å². The third-order valence-corrected chi connectivity index (χ3v) is 5.38. The van der Waals surface area contributed by atoms with Crippen LogP contribution in [0.5, 0.6) is 5.75 Å². The van der Waals surface area contributed by atoms with Crippen LogP contribution >= 0.6 is 11.6 Å². The van der Waals surface area contributed by atoms with E-state index in [9.17, 15) is 13.2 Å². The summed E-state index contributed by atoms with van der Waals surface area (Å²) in [6, 6.07) is 13.8. The number of rotatable bonds is 9. The number of carbonyl (C=O) groups excluding carboxylic acids is 1. The third kappa shape index (κ3) is 6.53. The molecule has 0 aliphatic rings. The van der Waals surface area contributed by atoms with Crippen molar-refractivity contribution >= 4 is 27.6 Å². The van der Waals surface area contributed by atoms with E-state index in [0.29, 0.717) is 10.8 Å². The van der Waals surface area contributed by atoms with Gasteiger partial charge in [0.1, 0.15) is 25.0 Å². The van der Waals surface area contributed by atoms with E-state index in [1.54, 1.807) is 26.0 Å². The van der Waals surface area contributed by atoms with E-state index in [4.69, 9.17) is 21.1 Å². The van der Waals surface area contributed by atoms with Crippen molar-refractivity contribution in [1.29, 1.82) is 0 Å². The van der Waals surface area contributed by atoms with E-state index < -0.39 is 22.0 Å². The molecule has 2 aromatic rings. The Morgan fingerprint density at radius 2 is 1.67 bits per heavy atom. The molecule has 0 spiro atoms. The molecule has 0 heterocycles. The van der Waals surface area contributed by atoms with Crippen molar-refractivity contribution in [2.45, 2.75) is 24.8 Å². The molecule has 0 amide bonds. The summed E-state index contributed by atoms with van der Waals surface area (Å²) >= 11 is 5.78. The first kappa shape index (κ1) is 21.2. The number of ether oxygens (including phenoxy) is 2. The predicted molar refractivity (Wildman–Crippen MR) is 103 cm³/mol. The van der Waals surface area contributed by atoms with Gasteiger partial charge in [0, 0.05) is 5.02 Å². The molecule has 27 heavy (non-hydrogen) atoms. The van der Waals surface area contributed by atoms with Gasteiger partial charge in [-0.25, -0.2) is 8.42 Å². The minimum absolute atomic E-state index is 0.0135. The van der Waals surface area contributed by atoms with Crippen molar-refractivity contribution in [2.24, 2.45) is 5.92 Å². The van der Waals surface area contributed by atoms with Gasteiger partial charge < -0.3 is 9.47 Å². The van der Waals surface area contributed by atoms with E-state index in [-0.39, 0.29) is 24.0 Å². The average molecular weight is 412 g/mol. The second-order valence-electron chi connectivity index (χ2n) is 6.13. The lowest BCUT2D eigenvalue weighted by Crippen LogP contribution is -2.45. The number of halogens is 1. The van der Waals surface area contributed by atoms with Gasteiger partial charge in [0.15, 0.2) is 0 Å². The molecule has 8 heteroatoms. The summed E-state index contributed by atoms with van der Waals surface area (Å²) in [4.78, 5) is 12.4. The van der Waals surface area contributed by atoms with E-state index in [1.165, 1.54) is 24.3 Å². The number of carbonyl (C=O) groups is 1. The Hall–Kier alpha value is -2.09. The molecule has 2 rings (SSSR count). The number of sulfonamides is 1. The first-order chi connectivity index (χ1) is 12.8. The minimum atomic E-state index is -3.88. The Balaban J connectivity index is 1.93. The molecular weight excluding hydrogens is 390 g/mol. The van der Waals surface area contributed by atoms with Crippen LogP contribution in [0, 0.1) is 5.92 Å². The molecule has 0 saturated carbocycles. The SMILES string of the molecule is CC(C)[C@H](NS(=O)(=O)c1ccc(Cl)cc1)C(=O)OCCOc1ccccc1. The highest BCUT2D eigenvalue weighted by atomic mass is 35.5. The summed E-state index contributed by atoms with van der Waals surface area (Å²) in [6.07, 6.45) is 0. The Morgan fingerprint density at radius 1 is 1.04 bits per heavy atom. The molecule has 1 atom stereocenters. The van der Waals surface area contributed by atoms with E-state index in [0.717, 1.165) is 0 Å². The van der Waals surface area contributed by atoms with Gasteiger partial charge in [0.25, 0.3) is 0 Å². The molecule has 1 N–H and O–H groups in total. The highest BCUT2D eigenvalue weighted by Gasteiger charge is 2.29. The molecule has 2 aromatic carbocycles. The average Bonchev–Trinajstić information content (AvgIpc) is 2.64. The second kappa shape index (κ2) is 9.73. The van der Waals surface area contributed by atoms with Gasteiger partial charge >= 0.3 is 5.97 Å². The van der Waals surface area contributed by atoms with Crippen molar-refractivity contribution in [2.75, 3.05) is 13.2 Å². The van der Waals surface area contributed by atoms with Gasteiger partial charge in [-0.15, -0.1) is 0 Å². The zero-order chi connectivity index (χ0) is 19.9. The third-order valence-electron chi connectivity index (χ3n) is 3.67. The monoisotopic (exact) mass is 411 g/mol. The van der Waals surface area contributed by atoms with Crippen molar-refractivity contribution in [3.8, 4) is 5.75 Å². The zero-order valence-corrected chi connectivity index (χ0v) is 16.7. The molecule has 6 nitrogen and oxygen atoms in total. The largest absolute Gasteiger partial charge is 0.490 e. The van der Waals surface area contributed by atoms with Crippen LogP contribution in [0.3, 0.4) is 0 Å². The van der Waals surface area contributed by atoms with Crippen LogP contribution in [-0.4, -0.2) is 33.6 Å². The van der Waals surface area contributed by atoms with Gasteiger partial charge in [-0.1, -0.05) is 43.6 Å². The van der Waals surface area contributed by atoms with Crippen LogP contribution in [0.25, 0.3) is 0 Å². The highest BCUT2D eigenvalue weighted by molar-refractivity contribution is 7.89. The second-order valence-corrected chi connectivity index (χ2v) is 8.28. The molecule has 0 unspecified atom stereocenters. The van der Waals surface area contributed by atoms with Crippen LogP contribution in [0.4, 0.5) is 0 Å². The predicted octanol–water partition coefficient (Wildman–Crippen LogP) is 3.27. The Morgan fingerprint density at radius 3 is 2.26 bits per heavy atom. The van der Waals surface area contributed by atoms with Crippen LogP contribution in [0.1, 0.15) is 13.8 Å². The van der Waals surface area contributed by atoms with Crippen molar-refractivity contribution in [1.82, 2.24) is 4.72 Å². The number of nitrogens with one attached hydrogen (secondary N) is 1. The summed E-state index contributed by atoms with van der Waals surface area (Å²) in [5.74, 6) is -0.286. The molecule has 0 aliphatic carbocycles. The van der Waals surface area contributed by atoms with Crippen LogP contribution in [0.15, 0.2) is 59.5 Å². The Kier molecular flexibility index (Phi) is 7.65. The van der Waals surface area contributed by atoms with E-state index in [1.807, 2.05) is 18.2 Å². The van der Waals surface area contributed by atoms with Gasteiger partial charge in [-0.05, 0) is 42.3 Å². The molecule has 0 fully saturated rings. The summed E-state index contributed by atoms with van der Waals surface area (Å²) in [5.41, 5.74) is 0. The normalized spacial score (nSPS) is 12.6. The maximum atomic E-state index is 12.5. The van der Waals surface area contributed by atoms with E-state index >= 15 is 0 Å². The maximum Gasteiger partial charge on any atom is 0.324 e. The Bertz CT molecular complexity index is 838. The lowest BCUT2D eigenvalue weighted by Gasteiger charge is -2.21. The fraction of sp³-hybridized carbons (Fsp3) is 0.316. The summed E-state index contributed by atoms with van der Waals surface area (Å²) in [7, 11) is -3.88. The summed E-state index contributed by atoms with van der Waals surface area (Å²) < 4.78 is 38.0. The van der Waals surface area contributed by atoms with Crippen molar-refractivity contribution in [3.63, 3.8) is 0 Å². The fourth-order valence-electron chi connectivity index (χ4n) is 2.21. The Labute approximate surface area is 164 Å². The molecule has 0 saturated heterocycles. The first-order valence-electron chi connectivity index (χ1n) is 8.42. The smallest absolute Gasteiger partial charge is 0.324 e. The van der Waals surface area contributed by atoms with Crippen molar-refractivity contribution in [3.05, 3.63) is 59.6 Å². The molecule has 0 aromatic heterocycles. The maximum absolute atomic E-state index is 12.5.